The van der Waals surface area contributed by atoms with Gasteiger partial charge in [0.25, 0.3) is 0 Å². The maximum Gasteiger partial charge on any atom is 0.232 e. The summed E-state index contributed by atoms with van der Waals surface area (Å²) in [5.74, 6) is 1.95. The molecule has 0 radical (unpaired) electrons. The Morgan fingerprint density at radius 3 is 2.67 bits per heavy atom. The van der Waals surface area contributed by atoms with Crippen LogP contribution in [0.3, 0.4) is 0 Å². The number of hydrogen-bond acceptors (Lipinski definition) is 8. The van der Waals surface area contributed by atoms with E-state index in [1.165, 1.54) is 16.9 Å². The Hall–Kier alpha value is -1.93. The van der Waals surface area contributed by atoms with Crippen molar-refractivity contribution in [3.8, 4) is 0 Å². The summed E-state index contributed by atoms with van der Waals surface area (Å²) in [5.41, 5.74) is 1.08. The lowest BCUT2D eigenvalue weighted by Gasteiger charge is -2.10. The van der Waals surface area contributed by atoms with Gasteiger partial charge < -0.3 is 9.84 Å². The van der Waals surface area contributed by atoms with Gasteiger partial charge in [-0.25, -0.2) is 0 Å². The quantitative estimate of drug-likeness (QED) is 0.662. The van der Waals surface area contributed by atoms with Gasteiger partial charge in [-0.05, 0) is 5.56 Å². The lowest BCUT2D eigenvalue weighted by molar-refractivity contribution is 0.319. The van der Waals surface area contributed by atoms with E-state index in [9.17, 15) is 0 Å². The fraction of sp³-hybridized carbons (Fsp3) is 0.375. The summed E-state index contributed by atoms with van der Waals surface area (Å²) >= 11 is 3.09. The minimum absolute atomic E-state index is 0.132. The molecule has 0 bridgehead atoms. The van der Waals surface area contributed by atoms with Crippen LogP contribution in [0.4, 0.5) is 5.13 Å². The summed E-state index contributed by atoms with van der Waals surface area (Å²) in [6.07, 6.45) is 0. The van der Waals surface area contributed by atoms with Gasteiger partial charge in [0.1, 0.15) is 0 Å². The summed E-state index contributed by atoms with van der Waals surface area (Å²) in [6, 6.07) is 10.2. The Morgan fingerprint density at radius 2 is 1.96 bits per heavy atom. The topological polar surface area (TPSA) is 76.7 Å². The van der Waals surface area contributed by atoms with Crippen molar-refractivity contribution in [2.75, 3.05) is 5.32 Å². The maximum atomic E-state index is 5.29. The standard InChI is InChI=1S/C16H19N5OS2/c1-16(2,3)13-18-12(21-22-13)10-23-15-20-19-14(24-15)17-9-11-7-5-4-6-8-11/h4-8H,9-10H2,1-3H3,(H,17,19). The average molecular weight is 361 g/mol. The smallest absolute Gasteiger partial charge is 0.232 e. The average Bonchev–Trinajstić information content (AvgIpc) is 3.21. The second-order valence-corrected chi connectivity index (χ2v) is 8.47. The van der Waals surface area contributed by atoms with E-state index in [-0.39, 0.29) is 5.41 Å². The molecule has 2 heterocycles. The first kappa shape index (κ1) is 16.9. The van der Waals surface area contributed by atoms with E-state index in [1.54, 1.807) is 11.8 Å². The molecule has 2 aromatic heterocycles. The normalized spacial score (nSPS) is 11.6. The van der Waals surface area contributed by atoms with Gasteiger partial charge in [-0.15, -0.1) is 10.2 Å². The number of nitrogens with one attached hydrogen (secondary N) is 1. The fourth-order valence-corrected chi connectivity index (χ4v) is 3.45. The van der Waals surface area contributed by atoms with Gasteiger partial charge in [-0.1, -0.05) is 79.4 Å². The van der Waals surface area contributed by atoms with Crippen molar-refractivity contribution in [2.24, 2.45) is 0 Å². The summed E-state index contributed by atoms with van der Waals surface area (Å²) in [4.78, 5) is 4.42. The number of hydrogen-bond donors (Lipinski definition) is 1. The van der Waals surface area contributed by atoms with Crippen molar-refractivity contribution in [1.29, 1.82) is 0 Å². The molecule has 0 saturated carbocycles. The Kier molecular flexibility index (Phi) is 5.15. The zero-order chi connectivity index (χ0) is 17.0. The summed E-state index contributed by atoms with van der Waals surface area (Å²) in [7, 11) is 0. The van der Waals surface area contributed by atoms with Crippen molar-refractivity contribution in [1.82, 2.24) is 20.3 Å². The van der Waals surface area contributed by atoms with Crippen molar-refractivity contribution in [3.63, 3.8) is 0 Å². The number of nitrogens with zero attached hydrogens (tertiary/aromatic N) is 4. The second kappa shape index (κ2) is 7.31. The molecule has 126 valence electrons. The monoisotopic (exact) mass is 361 g/mol. The highest BCUT2D eigenvalue weighted by Crippen LogP contribution is 2.28. The molecule has 3 aromatic rings. The van der Waals surface area contributed by atoms with Gasteiger partial charge in [-0.2, -0.15) is 4.98 Å². The van der Waals surface area contributed by atoms with Gasteiger partial charge in [0.05, 0.1) is 5.75 Å². The Bertz CT molecular complexity index is 779. The van der Waals surface area contributed by atoms with E-state index < -0.39 is 0 Å². The molecule has 1 N–H and O–H groups in total. The van der Waals surface area contributed by atoms with Crippen LogP contribution < -0.4 is 5.32 Å². The van der Waals surface area contributed by atoms with E-state index in [1.807, 2.05) is 39.0 Å². The van der Waals surface area contributed by atoms with Crippen LogP contribution in [0.15, 0.2) is 39.2 Å². The maximum absolute atomic E-state index is 5.29. The third-order valence-corrected chi connectivity index (χ3v) is 5.14. The predicted molar refractivity (Wildman–Crippen MR) is 96.2 cm³/mol. The molecular formula is C16H19N5OS2. The first-order chi connectivity index (χ1) is 11.5. The van der Waals surface area contributed by atoms with Crippen molar-refractivity contribution < 1.29 is 4.52 Å². The highest BCUT2D eigenvalue weighted by molar-refractivity contribution is 8.00. The molecule has 0 fully saturated rings. The zero-order valence-corrected chi connectivity index (χ0v) is 15.4. The molecule has 0 unspecified atom stereocenters. The molecule has 6 nitrogen and oxygen atoms in total. The van der Waals surface area contributed by atoms with Gasteiger partial charge in [-0.3, -0.25) is 0 Å². The Labute approximate surface area is 149 Å². The second-order valence-electron chi connectivity index (χ2n) is 6.27. The van der Waals surface area contributed by atoms with E-state index in [2.05, 4.69) is 37.8 Å². The predicted octanol–water partition coefficient (Wildman–Crippen LogP) is 4.12. The number of anilines is 1. The van der Waals surface area contributed by atoms with Crippen LogP contribution in [0, 0.1) is 0 Å². The van der Waals surface area contributed by atoms with Gasteiger partial charge in [0, 0.05) is 12.0 Å². The molecule has 1 aromatic carbocycles. The van der Waals surface area contributed by atoms with Gasteiger partial charge in [0.15, 0.2) is 10.2 Å². The molecule has 0 saturated heterocycles. The molecule has 0 atom stereocenters. The highest BCUT2D eigenvalue weighted by atomic mass is 32.2. The van der Waals surface area contributed by atoms with Crippen LogP contribution in [-0.4, -0.2) is 20.3 Å². The number of rotatable bonds is 6. The zero-order valence-electron chi connectivity index (χ0n) is 13.8. The minimum atomic E-state index is -0.132. The molecule has 0 amide bonds. The first-order valence-electron chi connectivity index (χ1n) is 7.58. The van der Waals surface area contributed by atoms with Gasteiger partial charge in [0.2, 0.25) is 11.0 Å². The number of benzene rings is 1. The Morgan fingerprint density at radius 1 is 1.17 bits per heavy atom. The van der Waals surface area contributed by atoms with E-state index >= 15 is 0 Å². The van der Waals surface area contributed by atoms with E-state index in [4.69, 9.17) is 4.52 Å². The van der Waals surface area contributed by atoms with Crippen LogP contribution in [0.2, 0.25) is 0 Å². The lowest BCUT2D eigenvalue weighted by Crippen LogP contribution is -2.11. The molecule has 0 aliphatic heterocycles. The van der Waals surface area contributed by atoms with Crippen molar-refractivity contribution in [3.05, 3.63) is 47.6 Å². The fourth-order valence-electron chi connectivity index (χ4n) is 1.86. The minimum Gasteiger partial charge on any atom is -0.356 e. The third kappa shape index (κ3) is 4.55. The van der Waals surface area contributed by atoms with Crippen LogP contribution in [-0.2, 0) is 17.7 Å². The molecule has 0 spiro atoms. The molecule has 24 heavy (non-hydrogen) atoms. The summed E-state index contributed by atoms with van der Waals surface area (Å²) in [6.45, 7) is 6.88. The number of aromatic nitrogens is 4. The highest BCUT2D eigenvalue weighted by Gasteiger charge is 2.21. The van der Waals surface area contributed by atoms with Crippen molar-refractivity contribution in [2.45, 2.75) is 42.8 Å². The lowest BCUT2D eigenvalue weighted by atomic mass is 9.97. The van der Waals surface area contributed by atoms with Crippen LogP contribution in [0.5, 0.6) is 0 Å². The van der Waals surface area contributed by atoms with Crippen LogP contribution in [0.25, 0.3) is 0 Å². The van der Waals surface area contributed by atoms with Crippen LogP contribution in [0.1, 0.15) is 38.0 Å². The third-order valence-electron chi connectivity index (χ3n) is 3.13. The molecule has 3 rings (SSSR count). The summed E-state index contributed by atoms with van der Waals surface area (Å²) < 4.78 is 6.17. The van der Waals surface area contributed by atoms with E-state index in [0.29, 0.717) is 17.5 Å². The molecular weight excluding hydrogens is 342 g/mol. The largest absolute Gasteiger partial charge is 0.356 e. The van der Waals surface area contributed by atoms with Gasteiger partial charge >= 0.3 is 0 Å². The SMILES string of the molecule is CC(C)(C)c1nc(CSc2nnc(NCc3ccccc3)s2)no1. The molecule has 0 aliphatic carbocycles. The van der Waals surface area contributed by atoms with Crippen molar-refractivity contribution >= 4 is 28.2 Å². The summed E-state index contributed by atoms with van der Waals surface area (Å²) in [5, 5.41) is 16.5. The van der Waals surface area contributed by atoms with E-state index in [0.717, 1.165) is 16.0 Å². The van der Waals surface area contributed by atoms with Crippen LogP contribution >= 0.6 is 23.1 Å². The number of thioether (sulfide) groups is 1. The molecule has 8 heteroatoms. The Balaban J connectivity index is 1.52. The first-order valence-corrected chi connectivity index (χ1v) is 9.38. The molecule has 0 aliphatic rings.